The van der Waals surface area contributed by atoms with Crippen LogP contribution in [0.3, 0.4) is 0 Å². The Balaban J connectivity index is 2.53. The molecule has 0 aliphatic carbocycles. The highest BCUT2D eigenvalue weighted by molar-refractivity contribution is 5.82. The van der Waals surface area contributed by atoms with Crippen molar-refractivity contribution in [3.8, 4) is 0 Å². The van der Waals surface area contributed by atoms with Crippen LogP contribution >= 0.6 is 0 Å². The fraction of sp³-hybridized carbons (Fsp3) is 0.385. The third kappa shape index (κ3) is 1.84. The lowest BCUT2D eigenvalue weighted by Crippen LogP contribution is -2.14. The second-order valence-corrected chi connectivity index (χ2v) is 4.01. The van der Waals surface area contributed by atoms with E-state index >= 15 is 0 Å². The van der Waals surface area contributed by atoms with Gasteiger partial charge in [-0.25, -0.2) is 0 Å². The molecule has 3 nitrogen and oxygen atoms in total. The molecule has 0 radical (unpaired) electrons. The first-order valence-corrected chi connectivity index (χ1v) is 5.57. The molecule has 1 aromatic heterocycles. The molecule has 3 N–H and O–H groups in total. The zero-order valence-corrected chi connectivity index (χ0v) is 9.44. The van der Waals surface area contributed by atoms with E-state index < -0.39 is 0 Å². The van der Waals surface area contributed by atoms with E-state index in [1.807, 2.05) is 31.2 Å². The first-order valence-electron chi connectivity index (χ1n) is 5.57. The van der Waals surface area contributed by atoms with Crippen LogP contribution in [0.25, 0.3) is 11.0 Å². The summed E-state index contributed by atoms with van der Waals surface area (Å²) in [5.41, 5.74) is 7.80. The van der Waals surface area contributed by atoms with E-state index in [4.69, 9.17) is 15.3 Å². The summed E-state index contributed by atoms with van der Waals surface area (Å²) < 4.78 is 5.69. The summed E-state index contributed by atoms with van der Waals surface area (Å²) >= 11 is 0. The van der Waals surface area contributed by atoms with E-state index in [0.29, 0.717) is 13.0 Å². The number of aliphatic hydroxyl groups is 1. The third-order valence-electron chi connectivity index (χ3n) is 2.99. The maximum absolute atomic E-state index is 9.04. The van der Waals surface area contributed by atoms with Crippen molar-refractivity contribution in [1.82, 2.24) is 0 Å². The Labute approximate surface area is 94.9 Å². The molecule has 1 unspecified atom stereocenters. The van der Waals surface area contributed by atoms with E-state index in [2.05, 4.69) is 0 Å². The lowest BCUT2D eigenvalue weighted by molar-refractivity contribution is 0.276. The summed E-state index contributed by atoms with van der Waals surface area (Å²) in [6.07, 6.45) is 0.681. The topological polar surface area (TPSA) is 59.4 Å². The maximum atomic E-state index is 9.04. The Morgan fingerprint density at radius 2 is 2.12 bits per heavy atom. The van der Waals surface area contributed by atoms with E-state index in [1.165, 1.54) is 0 Å². The molecule has 1 aromatic carbocycles. The Kier molecular flexibility index (Phi) is 3.27. The Morgan fingerprint density at radius 1 is 1.38 bits per heavy atom. The van der Waals surface area contributed by atoms with Crippen molar-refractivity contribution in [2.24, 2.45) is 5.73 Å². The summed E-state index contributed by atoms with van der Waals surface area (Å²) in [7, 11) is 0. The summed E-state index contributed by atoms with van der Waals surface area (Å²) in [6, 6.07) is 7.95. The fourth-order valence-electron chi connectivity index (χ4n) is 2.23. The van der Waals surface area contributed by atoms with Crippen LogP contribution < -0.4 is 5.73 Å². The number of hydrogen-bond donors (Lipinski definition) is 2. The summed E-state index contributed by atoms with van der Waals surface area (Å²) in [4.78, 5) is 0. The van der Waals surface area contributed by atoms with Crippen molar-refractivity contribution in [1.29, 1.82) is 0 Å². The zero-order valence-electron chi connectivity index (χ0n) is 9.44. The highest BCUT2D eigenvalue weighted by Gasteiger charge is 2.18. The van der Waals surface area contributed by atoms with Gasteiger partial charge in [0.25, 0.3) is 0 Å². The average molecular weight is 219 g/mol. The van der Waals surface area contributed by atoms with Gasteiger partial charge in [0, 0.05) is 23.5 Å². The van der Waals surface area contributed by atoms with Gasteiger partial charge in [-0.2, -0.15) is 0 Å². The van der Waals surface area contributed by atoms with Crippen molar-refractivity contribution in [2.75, 3.05) is 13.2 Å². The van der Waals surface area contributed by atoms with Gasteiger partial charge in [0.05, 0.1) is 0 Å². The number of aliphatic hydroxyl groups excluding tert-OH is 1. The molecule has 0 aliphatic heterocycles. The highest BCUT2D eigenvalue weighted by Crippen LogP contribution is 2.32. The van der Waals surface area contributed by atoms with E-state index in [1.54, 1.807) is 0 Å². The molecule has 16 heavy (non-hydrogen) atoms. The molecule has 1 heterocycles. The molecule has 2 aromatic rings. The minimum Gasteiger partial charge on any atom is -0.461 e. The molecule has 0 fully saturated rings. The van der Waals surface area contributed by atoms with Crippen LogP contribution in [-0.4, -0.2) is 18.3 Å². The number of para-hydroxylation sites is 1. The molecule has 2 rings (SSSR count). The van der Waals surface area contributed by atoms with Gasteiger partial charge in [-0.3, -0.25) is 0 Å². The minimum atomic E-state index is 0.154. The number of nitrogens with two attached hydrogens (primary N) is 1. The van der Waals surface area contributed by atoms with E-state index in [0.717, 1.165) is 22.3 Å². The lowest BCUT2D eigenvalue weighted by atomic mass is 9.93. The van der Waals surface area contributed by atoms with Crippen LogP contribution in [0.4, 0.5) is 0 Å². The summed E-state index contributed by atoms with van der Waals surface area (Å²) in [6.45, 7) is 2.64. The van der Waals surface area contributed by atoms with Crippen molar-refractivity contribution in [3.63, 3.8) is 0 Å². The molecular formula is C13H17NO2. The van der Waals surface area contributed by atoms with Gasteiger partial charge in [0.2, 0.25) is 0 Å². The molecule has 3 heteroatoms. The Bertz CT molecular complexity index is 476. The predicted molar refractivity (Wildman–Crippen MR) is 64.4 cm³/mol. The summed E-state index contributed by atoms with van der Waals surface area (Å²) in [5, 5.41) is 10.2. The number of hydrogen-bond acceptors (Lipinski definition) is 3. The largest absolute Gasteiger partial charge is 0.461 e. The van der Waals surface area contributed by atoms with Crippen LogP contribution in [0.1, 0.15) is 23.7 Å². The van der Waals surface area contributed by atoms with Gasteiger partial charge < -0.3 is 15.3 Å². The maximum Gasteiger partial charge on any atom is 0.134 e. The van der Waals surface area contributed by atoms with Crippen LogP contribution in [0, 0.1) is 6.92 Å². The first-order chi connectivity index (χ1) is 7.77. The minimum absolute atomic E-state index is 0.154. The van der Waals surface area contributed by atoms with E-state index in [9.17, 15) is 0 Å². The standard InChI is InChI=1S/C13H17NO2/c1-9-13(10(8-14)6-7-15)11-4-2-3-5-12(11)16-9/h2-5,10,15H,6-8,14H2,1H3. The number of benzene rings is 1. The Hall–Kier alpha value is -1.32. The molecule has 86 valence electrons. The van der Waals surface area contributed by atoms with Gasteiger partial charge in [-0.15, -0.1) is 0 Å². The fourth-order valence-corrected chi connectivity index (χ4v) is 2.23. The second kappa shape index (κ2) is 4.68. The van der Waals surface area contributed by atoms with Crippen LogP contribution in [0.5, 0.6) is 0 Å². The van der Waals surface area contributed by atoms with Crippen LogP contribution in [-0.2, 0) is 0 Å². The molecule has 1 atom stereocenters. The van der Waals surface area contributed by atoms with Crippen LogP contribution in [0.2, 0.25) is 0 Å². The molecule has 0 aliphatic rings. The molecule has 0 amide bonds. The first kappa shape index (κ1) is 11.2. The SMILES string of the molecule is Cc1oc2ccccc2c1C(CN)CCO. The predicted octanol–water partition coefficient (Wildman–Crippen LogP) is 2.17. The number of aryl methyl sites for hydroxylation is 1. The molecule has 0 saturated carbocycles. The van der Waals surface area contributed by atoms with Crippen molar-refractivity contribution in [2.45, 2.75) is 19.3 Å². The normalized spacial score (nSPS) is 13.2. The monoisotopic (exact) mass is 219 g/mol. The average Bonchev–Trinajstić information content (AvgIpc) is 2.62. The Morgan fingerprint density at radius 3 is 2.81 bits per heavy atom. The van der Waals surface area contributed by atoms with Gasteiger partial charge in [0.15, 0.2) is 0 Å². The third-order valence-corrected chi connectivity index (χ3v) is 2.99. The zero-order chi connectivity index (χ0) is 11.5. The van der Waals surface area contributed by atoms with Gasteiger partial charge in [-0.1, -0.05) is 18.2 Å². The van der Waals surface area contributed by atoms with E-state index in [-0.39, 0.29) is 12.5 Å². The van der Waals surface area contributed by atoms with Gasteiger partial charge >= 0.3 is 0 Å². The molecule has 0 bridgehead atoms. The number of fused-ring (bicyclic) bond motifs is 1. The highest BCUT2D eigenvalue weighted by atomic mass is 16.3. The van der Waals surface area contributed by atoms with Crippen molar-refractivity contribution < 1.29 is 9.52 Å². The summed E-state index contributed by atoms with van der Waals surface area (Å²) in [5.74, 6) is 1.08. The molecular weight excluding hydrogens is 202 g/mol. The van der Waals surface area contributed by atoms with Gasteiger partial charge in [-0.05, 0) is 26.0 Å². The van der Waals surface area contributed by atoms with Crippen molar-refractivity contribution in [3.05, 3.63) is 35.6 Å². The lowest BCUT2D eigenvalue weighted by Gasteiger charge is -2.12. The second-order valence-electron chi connectivity index (χ2n) is 4.01. The number of furan rings is 1. The number of rotatable bonds is 4. The molecule has 0 spiro atoms. The van der Waals surface area contributed by atoms with Crippen LogP contribution in [0.15, 0.2) is 28.7 Å². The van der Waals surface area contributed by atoms with Crippen molar-refractivity contribution >= 4 is 11.0 Å². The van der Waals surface area contributed by atoms with Gasteiger partial charge in [0.1, 0.15) is 11.3 Å². The smallest absolute Gasteiger partial charge is 0.134 e. The molecule has 0 saturated heterocycles. The quantitative estimate of drug-likeness (QED) is 0.828.